The van der Waals surface area contributed by atoms with E-state index in [1.165, 1.54) is 6.92 Å². The molecule has 0 bridgehead atoms. The molecular formula is C27H23N7O3. The van der Waals surface area contributed by atoms with Crippen LogP contribution >= 0.6 is 0 Å². The number of aryl methyl sites for hydroxylation is 1. The van der Waals surface area contributed by atoms with E-state index in [2.05, 4.69) is 30.9 Å². The second kappa shape index (κ2) is 9.86. The Morgan fingerprint density at radius 1 is 0.784 bits per heavy atom. The van der Waals surface area contributed by atoms with E-state index in [-0.39, 0.29) is 0 Å². The molecule has 10 nitrogen and oxygen atoms in total. The first kappa shape index (κ1) is 23.6. The van der Waals surface area contributed by atoms with Gasteiger partial charge in [0.2, 0.25) is 5.91 Å². The van der Waals surface area contributed by atoms with Crippen LogP contribution < -0.4 is 16.0 Å². The third kappa shape index (κ3) is 4.98. The number of pyridine rings is 1. The zero-order valence-electron chi connectivity index (χ0n) is 20.1. The highest BCUT2D eigenvalue weighted by atomic mass is 16.2. The fraction of sp³-hybridized carbons (Fsp3) is 0.111. The minimum absolute atomic E-state index is 0.306. The average Bonchev–Trinajstić information content (AvgIpc) is 3.15. The monoisotopic (exact) mass is 493 g/mol. The Labute approximate surface area is 212 Å². The first-order valence-corrected chi connectivity index (χ1v) is 11.6. The molecule has 184 valence electrons. The van der Waals surface area contributed by atoms with Gasteiger partial charge in [-0.1, -0.05) is 18.2 Å². The van der Waals surface area contributed by atoms with Gasteiger partial charge in [-0.05, 0) is 62.4 Å². The molecule has 3 amide bonds. The lowest BCUT2D eigenvalue weighted by Gasteiger charge is -2.21. The number of nitrogens with one attached hydrogen (secondary N) is 3. The van der Waals surface area contributed by atoms with Gasteiger partial charge in [-0.3, -0.25) is 19.3 Å². The van der Waals surface area contributed by atoms with E-state index >= 15 is 0 Å². The van der Waals surface area contributed by atoms with E-state index in [1.807, 2.05) is 18.2 Å². The van der Waals surface area contributed by atoms with Gasteiger partial charge in [0, 0.05) is 23.6 Å². The van der Waals surface area contributed by atoms with Gasteiger partial charge in [0.05, 0.1) is 11.1 Å². The Balaban J connectivity index is 1.23. The summed E-state index contributed by atoms with van der Waals surface area (Å²) in [5.74, 6) is 1.02. The smallest absolute Gasteiger partial charge is 0.262 e. The number of fused-ring (bicyclic) bond motifs is 1. The van der Waals surface area contributed by atoms with Gasteiger partial charge >= 0.3 is 0 Å². The highest BCUT2D eigenvalue weighted by Gasteiger charge is 2.40. The van der Waals surface area contributed by atoms with Crippen LogP contribution in [-0.4, -0.2) is 43.6 Å². The largest absolute Gasteiger partial charge is 0.340 e. The molecule has 1 atom stereocenters. The van der Waals surface area contributed by atoms with Crippen LogP contribution in [0, 0.1) is 6.92 Å². The molecule has 1 aliphatic heterocycles. The van der Waals surface area contributed by atoms with E-state index in [9.17, 15) is 14.4 Å². The van der Waals surface area contributed by atoms with E-state index < -0.39 is 23.8 Å². The highest BCUT2D eigenvalue weighted by Crippen LogP contribution is 2.25. The Morgan fingerprint density at radius 3 is 2.00 bits per heavy atom. The highest BCUT2D eigenvalue weighted by molar-refractivity contribution is 6.23. The average molecular weight is 494 g/mol. The molecule has 1 unspecified atom stereocenters. The summed E-state index contributed by atoms with van der Waals surface area (Å²) in [5, 5.41) is 9.13. The van der Waals surface area contributed by atoms with Gasteiger partial charge in [-0.25, -0.2) is 15.0 Å². The van der Waals surface area contributed by atoms with Gasteiger partial charge in [0.15, 0.2) is 0 Å². The van der Waals surface area contributed by atoms with E-state index in [0.717, 1.165) is 10.6 Å². The number of hydrogen-bond donors (Lipinski definition) is 3. The number of benzene rings is 2. The number of nitrogens with zero attached hydrogens (tertiary/aromatic N) is 4. The normalized spacial score (nSPS) is 13.2. The number of hydrogen-bond acceptors (Lipinski definition) is 8. The molecule has 0 radical (unpaired) electrons. The summed E-state index contributed by atoms with van der Waals surface area (Å²) >= 11 is 0. The Morgan fingerprint density at radius 2 is 1.38 bits per heavy atom. The maximum Gasteiger partial charge on any atom is 0.262 e. The lowest BCUT2D eigenvalue weighted by molar-refractivity contribution is -0.119. The third-order valence-electron chi connectivity index (χ3n) is 5.78. The van der Waals surface area contributed by atoms with Gasteiger partial charge < -0.3 is 16.0 Å². The molecule has 37 heavy (non-hydrogen) atoms. The summed E-state index contributed by atoms with van der Waals surface area (Å²) in [6.07, 6.45) is 1.69. The topological polar surface area (TPSA) is 129 Å². The Bertz CT molecular complexity index is 1450. The van der Waals surface area contributed by atoms with Crippen molar-refractivity contribution in [3.8, 4) is 0 Å². The van der Waals surface area contributed by atoms with Crippen molar-refractivity contribution in [2.45, 2.75) is 19.9 Å². The van der Waals surface area contributed by atoms with Crippen molar-refractivity contribution in [1.82, 2.24) is 19.9 Å². The number of aromatic nitrogens is 3. The summed E-state index contributed by atoms with van der Waals surface area (Å²) < 4.78 is 0. The molecule has 4 aromatic rings. The molecule has 2 aromatic carbocycles. The first-order chi connectivity index (χ1) is 17.9. The second-order valence-corrected chi connectivity index (χ2v) is 8.42. The van der Waals surface area contributed by atoms with Crippen LogP contribution in [0.2, 0.25) is 0 Å². The molecule has 0 fully saturated rings. The standard InChI is InChI=1S/C27H23N7O3/c1-16(34-26(36)20-7-3-4-8-21(20)27(34)37)25(35)32-19-12-10-18(11-13-19)31-23-15-24(30-17(2)29-23)33-22-9-5-6-14-28-22/h3-16H,1-2H3,(H,32,35)(H2,28,29,30,31,33). The second-order valence-electron chi connectivity index (χ2n) is 8.42. The van der Waals surface area contributed by atoms with Crippen LogP contribution in [0.5, 0.6) is 0 Å². The van der Waals surface area contributed by atoms with Crippen LogP contribution in [0.25, 0.3) is 0 Å². The SMILES string of the molecule is Cc1nc(Nc2ccc(NC(=O)C(C)N3C(=O)c4ccccc4C3=O)cc2)cc(Nc2ccccn2)n1. The minimum Gasteiger partial charge on any atom is -0.340 e. The van der Waals surface area contributed by atoms with Crippen LogP contribution in [0.1, 0.15) is 33.5 Å². The number of rotatable bonds is 7. The summed E-state index contributed by atoms with van der Waals surface area (Å²) in [6, 6.07) is 19.9. The molecule has 5 rings (SSSR count). The molecule has 0 spiro atoms. The zero-order chi connectivity index (χ0) is 25.9. The number of carbonyl (C=O) groups is 3. The summed E-state index contributed by atoms with van der Waals surface area (Å²) in [4.78, 5) is 52.2. The maximum absolute atomic E-state index is 12.8. The van der Waals surface area contributed by atoms with Crippen LogP contribution in [0.4, 0.5) is 28.8 Å². The van der Waals surface area contributed by atoms with Crippen molar-refractivity contribution in [1.29, 1.82) is 0 Å². The van der Waals surface area contributed by atoms with Crippen molar-refractivity contribution in [3.05, 3.63) is 95.9 Å². The van der Waals surface area contributed by atoms with Gasteiger partial charge in [0.25, 0.3) is 11.8 Å². The summed E-state index contributed by atoms with van der Waals surface area (Å²) in [7, 11) is 0. The van der Waals surface area contributed by atoms with Crippen molar-refractivity contribution in [2.24, 2.45) is 0 Å². The molecule has 0 saturated carbocycles. The van der Waals surface area contributed by atoms with Crippen molar-refractivity contribution >= 4 is 46.5 Å². The summed E-state index contributed by atoms with van der Waals surface area (Å²) in [5.41, 5.74) is 1.88. The molecule has 3 heterocycles. The maximum atomic E-state index is 12.8. The fourth-order valence-electron chi connectivity index (χ4n) is 3.97. The quantitative estimate of drug-likeness (QED) is 0.325. The number of imide groups is 1. The summed E-state index contributed by atoms with van der Waals surface area (Å²) in [6.45, 7) is 3.32. The predicted octanol–water partition coefficient (Wildman–Crippen LogP) is 4.29. The Kier molecular flexibility index (Phi) is 6.29. The molecule has 0 saturated heterocycles. The predicted molar refractivity (Wildman–Crippen MR) is 139 cm³/mol. The lowest BCUT2D eigenvalue weighted by atomic mass is 10.1. The van der Waals surface area contributed by atoms with E-state index in [1.54, 1.807) is 67.7 Å². The van der Waals surface area contributed by atoms with Gasteiger partial charge in [-0.15, -0.1) is 0 Å². The number of anilines is 5. The zero-order valence-corrected chi connectivity index (χ0v) is 20.1. The number of carbonyl (C=O) groups excluding carboxylic acids is 3. The molecule has 3 N–H and O–H groups in total. The number of amides is 3. The van der Waals surface area contributed by atoms with Crippen molar-refractivity contribution < 1.29 is 14.4 Å². The van der Waals surface area contributed by atoms with Crippen LogP contribution in [0.3, 0.4) is 0 Å². The van der Waals surface area contributed by atoms with E-state index in [4.69, 9.17) is 0 Å². The van der Waals surface area contributed by atoms with E-state index in [0.29, 0.717) is 40.1 Å². The van der Waals surface area contributed by atoms with Crippen LogP contribution in [-0.2, 0) is 4.79 Å². The molecule has 10 heteroatoms. The third-order valence-corrected chi connectivity index (χ3v) is 5.78. The molecule has 2 aromatic heterocycles. The molecular weight excluding hydrogens is 470 g/mol. The van der Waals surface area contributed by atoms with Gasteiger partial charge in [-0.2, -0.15) is 0 Å². The molecule has 1 aliphatic rings. The van der Waals surface area contributed by atoms with Crippen molar-refractivity contribution in [2.75, 3.05) is 16.0 Å². The molecule has 0 aliphatic carbocycles. The Hall–Kier alpha value is -5.12. The lowest BCUT2D eigenvalue weighted by Crippen LogP contribution is -2.45. The fourth-order valence-corrected chi connectivity index (χ4v) is 3.97. The van der Waals surface area contributed by atoms with Crippen molar-refractivity contribution in [3.63, 3.8) is 0 Å². The first-order valence-electron chi connectivity index (χ1n) is 11.6. The van der Waals surface area contributed by atoms with Gasteiger partial charge in [0.1, 0.15) is 29.3 Å². The van der Waals surface area contributed by atoms with Crippen LogP contribution in [0.15, 0.2) is 79.0 Å². The minimum atomic E-state index is -0.973.